The lowest BCUT2D eigenvalue weighted by atomic mass is 10.0. The number of hydrogen-bond donors (Lipinski definition) is 0. The third kappa shape index (κ3) is 7.43. The van der Waals surface area contributed by atoms with E-state index in [1.165, 1.54) is 0 Å². The first-order chi connectivity index (χ1) is 10.6. The van der Waals surface area contributed by atoms with E-state index in [0.29, 0.717) is 0 Å². The van der Waals surface area contributed by atoms with Crippen molar-refractivity contribution in [1.29, 1.82) is 0 Å². The van der Waals surface area contributed by atoms with Crippen LogP contribution in [0.4, 0.5) is 0 Å². The van der Waals surface area contributed by atoms with Crippen molar-refractivity contribution in [2.45, 2.75) is 39.1 Å². The summed E-state index contributed by atoms with van der Waals surface area (Å²) in [5.74, 6) is -5.51. The molecule has 0 saturated heterocycles. The first kappa shape index (κ1) is 21.3. The topological polar surface area (TPSA) is 113 Å². The van der Waals surface area contributed by atoms with Gasteiger partial charge in [0.2, 0.25) is 12.2 Å². The van der Waals surface area contributed by atoms with Crippen molar-refractivity contribution in [3.8, 4) is 0 Å². The second-order valence-corrected chi connectivity index (χ2v) is 4.87. The first-order valence-corrected chi connectivity index (χ1v) is 7.39. The number of rotatable bonds is 9. The number of ketones is 2. The van der Waals surface area contributed by atoms with E-state index in [9.17, 15) is 24.0 Å². The van der Waals surface area contributed by atoms with Crippen LogP contribution in [0.2, 0.25) is 0 Å². The van der Waals surface area contributed by atoms with Crippen LogP contribution >= 0.6 is 23.2 Å². The third-order valence-corrected chi connectivity index (χ3v) is 2.91. The van der Waals surface area contributed by atoms with Crippen LogP contribution in [-0.2, 0) is 38.2 Å². The summed E-state index contributed by atoms with van der Waals surface area (Å²) in [6, 6.07) is 0. The van der Waals surface area contributed by atoms with Crippen molar-refractivity contribution in [3.63, 3.8) is 0 Å². The molecule has 0 aromatic heterocycles. The Hall–Kier alpha value is -1.67. The van der Waals surface area contributed by atoms with Gasteiger partial charge < -0.3 is 14.2 Å². The zero-order valence-corrected chi connectivity index (χ0v) is 14.2. The number of Topliss-reactive ketones (excluding diaryl/α,β-unsaturated/α-hetero) is 2. The zero-order valence-electron chi connectivity index (χ0n) is 12.7. The predicted molar refractivity (Wildman–Crippen MR) is 78.1 cm³/mol. The van der Waals surface area contributed by atoms with Gasteiger partial charge in [0.15, 0.2) is 17.7 Å². The molecule has 0 spiro atoms. The average Bonchev–Trinajstić information content (AvgIpc) is 2.46. The molecule has 0 bridgehead atoms. The van der Waals surface area contributed by atoms with Crippen LogP contribution in [0.25, 0.3) is 0 Å². The molecule has 0 amide bonds. The molecule has 8 nitrogen and oxygen atoms in total. The Morgan fingerprint density at radius 3 is 1.22 bits per heavy atom. The summed E-state index contributed by atoms with van der Waals surface area (Å²) >= 11 is 10.9. The number of carbonyl (C=O) groups excluding carboxylic acids is 5. The number of alkyl halides is 2. The highest BCUT2D eigenvalue weighted by Crippen LogP contribution is 2.17. The molecular formula is C13H16Cl2O8. The third-order valence-electron chi connectivity index (χ3n) is 2.38. The maximum Gasteiger partial charge on any atom is 0.303 e. The summed E-state index contributed by atoms with van der Waals surface area (Å²) in [5, 5.41) is 0. The van der Waals surface area contributed by atoms with E-state index in [1.807, 2.05) is 0 Å². The lowest BCUT2D eigenvalue weighted by Crippen LogP contribution is -2.52. The summed E-state index contributed by atoms with van der Waals surface area (Å²) in [5.41, 5.74) is 0. The number of halogens is 2. The van der Waals surface area contributed by atoms with Crippen LogP contribution in [0.3, 0.4) is 0 Å². The highest BCUT2D eigenvalue weighted by Gasteiger charge is 2.44. The maximum atomic E-state index is 11.9. The summed E-state index contributed by atoms with van der Waals surface area (Å²) in [6.45, 7) is 3.01. The largest absolute Gasteiger partial charge is 0.454 e. The summed E-state index contributed by atoms with van der Waals surface area (Å²) in [4.78, 5) is 57.4. The molecule has 0 aliphatic carbocycles. The Morgan fingerprint density at radius 2 is 1.00 bits per heavy atom. The number of ether oxygens (including phenoxy) is 3. The normalized spacial score (nSPS) is 13.0. The highest BCUT2D eigenvalue weighted by molar-refractivity contribution is 6.29. The number of carbonyl (C=O) groups is 5. The van der Waals surface area contributed by atoms with Crippen molar-refractivity contribution in [1.82, 2.24) is 0 Å². The Labute approximate surface area is 142 Å². The fraction of sp³-hybridized carbons (Fsp3) is 0.615. The van der Waals surface area contributed by atoms with Crippen LogP contribution in [0.5, 0.6) is 0 Å². The molecule has 0 aliphatic heterocycles. The smallest absolute Gasteiger partial charge is 0.303 e. The summed E-state index contributed by atoms with van der Waals surface area (Å²) < 4.78 is 14.4. The Balaban J connectivity index is 5.82. The van der Waals surface area contributed by atoms with Crippen LogP contribution in [0.1, 0.15) is 20.8 Å². The molecule has 0 saturated carbocycles. The van der Waals surface area contributed by atoms with Crippen molar-refractivity contribution >= 4 is 52.7 Å². The van der Waals surface area contributed by atoms with Gasteiger partial charge in [0.25, 0.3) is 0 Å². The molecule has 0 unspecified atom stereocenters. The fourth-order valence-electron chi connectivity index (χ4n) is 1.62. The monoisotopic (exact) mass is 370 g/mol. The Bertz CT molecular complexity index is 454. The first-order valence-electron chi connectivity index (χ1n) is 6.33. The van der Waals surface area contributed by atoms with E-state index in [2.05, 4.69) is 0 Å². The minimum absolute atomic E-state index is 0.586. The standard InChI is InChI=1S/C13H16Cl2O8/c1-6(16)21-11(9(19)4-14)13(23-8(3)18)12(10(20)5-15)22-7(2)17/h11-13H,4-5H2,1-3H3/t11-,12-/m0/s1. The van der Waals surface area contributed by atoms with Crippen LogP contribution in [-0.4, -0.2) is 59.5 Å². The molecule has 0 N–H and O–H groups in total. The van der Waals surface area contributed by atoms with E-state index in [-0.39, 0.29) is 0 Å². The quantitative estimate of drug-likeness (QED) is 0.325. The minimum atomic E-state index is -1.72. The molecular weight excluding hydrogens is 355 g/mol. The van der Waals surface area contributed by atoms with Gasteiger partial charge in [0, 0.05) is 20.8 Å². The van der Waals surface area contributed by atoms with E-state index in [1.54, 1.807) is 0 Å². The molecule has 2 atom stereocenters. The fourth-order valence-corrected chi connectivity index (χ4v) is 1.92. The van der Waals surface area contributed by atoms with Gasteiger partial charge in [-0.05, 0) is 0 Å². The van der Waals surface area contributed by atoms with Crippen LogP contribution in [0.15, 0.2) is 0 Å². The van der Waals surface area contributed by atoms with Gasteiger partial charge in [-0.15, -0.1) is 23.2 Å². The van der Waals surface area contributed by atoms with Gasteiger partial charge in [-0.2, -0.15) is 0 Å². The maximum absolute atomic E-state index is 11.9. The molecule has 0 heterocycles. The second kappa shape index (κ2) is 10.2. The highest BCUT2D eigenvalue weighted by atomic mass is 35.5. The molecule has 130 valence electrons. The molecule has 0 aliphatic rings. The van der Waals surface area contributed by atoms with Crippen molar-refractivity contribution in [2.24, 2.45) is 0 Å². The number of esters is 3. The van der Waals surface area contributed by atoms with Gasteiger partial charge in [-0.25, -0.2) is 0 Å². The van der Waals surface area contributed by atoms with Crippen LogP contribution in [0, 0.1) is 0 Å². The van der Waals surface area contributed by atoms with Gasteiger partial charge in [0.1, 0.15) is 0 Å². The predicted octanol–water partition coefficient (Wildman–Crippen LogP) is 0.397. The lowest BCUT2D eigenvalue weighted by Gasteiger charge is -2.29. The Kier molecular flexibility index (Phi) is 9.43. The van der Waals surface area contributed by atoms with E-state index in [4.69, 9.17) is 37.4 Å². The minimum Gasteiger partial charge on any atom is -0.454 e. The van der Waals surface area contributed by atoms with E-state index >= 15 is 0 Å². The van der Waals surface area contributed by atoms with Crippen LogP contribution < -0.4 is 0 Å². The second-order valence-electron chi connectivity index (χ2n) is 4.33. The summed E-state index contributed by atoms with van der Waals surface area (Å²) in [6.07, 6.45) is -5.13. The average molecular weight is 371 g/mol. The van der Waals surface area contributed by atoms with Gasteiger partial charge >= 0.3 is 17.9 Å². The van der Waals surface area contributed by atoms with Gasteiger partial charge in [-0.1, -0.05) is 0 Å². The van der Waals surface area contributed by atoms with E-state index < -0.39 is 59.5 Å². The lowest BCUT2D eigenvalue weighted by molar-refractivity contribution is -0.186. The van der Waals surface area contributed by atoms with E-state index in [0.717, 1.165) is 20.8 Å². The SMILES string of the molecule is CC(=O)OC([C@@H](OC(C)=O)C(=O)CCl)[C@@H](OC(C)=O)C(=O)CCl. The molecule has 0 fully saturated rings. The number of hydrogen-bond acceptors (Lipinski definition) is 8. The molecule has 0 rings (SSSR count). The van der Waals surface area contributed by atoms with Crippen molar-refractivity contribution in [2.75, 3.05) is 11.8 Å². The summed E-state index contributed by atoms with van der Waals surface area (Å²) in [7, 11) is 0. The molecule has 0 aromatic carbocycles. The molecule has 0 radical (unpaired) electrons. The molecule has 23 heavy (non-hydrogen) atoms. The van der Waals surface area contributed by atoms with Gasteiger partial charge in [0.05, 0.1) is 11.8 Å². The molecule has 0 aromatic rings. The van der Waals surface area contributed by atoms with Gasteiger partial charge in [-0.3, -0.25) is 24.0 Å². The zero-order chi connectivity index (χ0) is 18.2. The van der Waals surface area contributed by atoms with Crippen molar-refractivity contribution in [3.05, 3.63) is 0 Å². The van der Waals surface area contributed by atoms with Crippen molar-refractivity contribution < 1.29 is 38.2 Å². The Morgan fingerprint density at radius 1 is 0.696 bits per heavy atom. The molecule has 10 heteroatoms.